The summed E-state index contributed by atoms with van der Waals surface area (Å²) in [6, 6.07) is 5.72. The van der Waals surface area contributed by atoms with Crippen LogP contribution < -0.4 is 5.32 Å². The van der Waals surface area contributed by atoms with Crippen molar-refractivity contribution in [3.8, 4) is 0 Å². The number of carbonyl (C=O) groups excluding carboxylic acids is 1. The number of benzene rings is 1. The second-order valence-electron chi connectivity index (χ2n) is 5.35. The van der Waals surface area contributed by atoms with Gasteiger partial charge >= 0.3 is 12.0 Å². The highest BCUT2D eigenvalue weighted by Gasteiger charge is 2.27. The van der Waals surface area contributed by atoms with E-state index in [-0.39, 0.29) is 6.03 Å². The molecule has 1 aromatic rings. The molecule has 21 heavy (non-hydrogen) atoms. The summed E-state index contributed by atoms with van der Waals surface area (Å²) in [6.07, 6.45) is 1.38. The number of urea groups is 1. The summed E-state index contributed by atoms with van der Waals surface area (Å²) in [4.78, 5) is 24.7. The third-order valence-corrected chi connectivity index (χ3v) is 4.29. The minimum Gasteiger partial charge on any atom is -0.481 e. The Morgan fingerprint density at radius 1 is 1.48 bits per heavy atom. The van der Waals surface area contributed by atoms with Crippen LogP contribution in [0.15, 0.2) is 22.7 Å². The molecule has 2 rings (SSSR count). The summed E-state index contributed by atoms with van der Waals surface area (Å²) >= 11 is 3.41. The van der Waals surface area contributed by atoms with Crippen molar-refractivity contribution in [1.82, 2.24) is 10.2 Å². The van der Waals surface area contributed by atoms with E-state index in [1.54, 1.807) is 4.90 Å². The first-order chi connectivity index (χ1) is 9.97. The summed E-state index contributed by atoms with van der Waals surface area (Å²) in [5.41, 5.74) is 2.16. The lowest BCUT2D eigenvalue weighted by atomic mass is 9.99. The van der Waals surface area contributed by atoms with Crippen LogP contribution in [0.25, 0.3) is 0 Å². The van der Waals surface area contributed by atoms with Gasteiger partial charge in [-0.05, 0) is 43.0 Å². The van der Waals surface area contributed by atoms with Gasteiger partial charge in [0, 0.05) is 24.1 Å². The summed E-state index contributed by atoms with van der Waals surface area (Å²) in [6.45, 7) is 3.36. The van der Waals surface area contributed by atoms with Crippen LogP contribution in [-0.2, 0) is 11.3 Å². The summed E-state index contributed by atoms with van der Waals surface area (Å²) < 4.78 is 1.01. The number of likely N-dealkylation sites (tertiary alicyclic amines) is 1. The first-order valence-corrected chi connectivity index (χ1v) is 7.77. The highest BCUT2D eigenvalue weighted by Crippen LogP contribution is 2.18. The van der Waals surface area contributed by atoms with E-state index in [0.29, 0.717) is 26.1 Å². The summed E-state index contributed by atoms with van der Waals surface area (Å²) in [5.74, 6) is -1.27. The minimum absolute atomic E-state index is 0.191. The molecule has 1 aliphatic heterocycles. The average molecular weight is 355 g/mol. The molecule has 1 aliphatic rings. The molecule has 1 heterocycles. The van der Waals surface area contributed by atoms with E-state index in [4.69, 9.17) is 5.11 Å². The maximum atomic E-state index is 12.1. The highest BCUT2D eigenvalue weighted by molar-refractivity contribution is 9.10. The van der Waals surface area contributed by atoms with Crippen molar-refractivity contribution >= 4 is 27.9 Å². The van der Waals surface area contributed by atoms with Gasteiger partial charge in [0.1, 0.15) is 0 Å². The van der Waals surface area contributed by atoms with Gasteiger partial charge in [-0.2, -0.15) is 0 Å². The molecule has 1 fully saturated rings. The Labute approximate surface area is 132 Å². The number of nitrogens with one attached hydrogen (secondary N) is 1. The van der Waals surface area contributed by atoms with E-state index >= 15 is 0 Å². The number of nitrogens with zero attached hydrogens (tertiary/aromatic N) is 1. The zero-order valence-corrected chi connectivity index (χ0v) is 13.5. The Morgan fingerprint density at radius 2 is 2.24 bits per heavy atom. The number of carboxylic acid groups (broad SMARTS) is 1. The van der Waals surface area contributed by atoms with Crippen LogP contribution in [0.2, 0.25) is 0 Å². The minimum atomic E-state index is -0.823. The summed E-state index contributed by atoms with van der Waals surface area (Å²) in [7, 11) is 0. The van der Waals surface area contributed by atoms with Gasteiger partial charge in [0.15, 0.2) is 0 Å². The molecule has 5 nitrogen and oxygen atoms in total. The van der Waals surface area contributed by atoms with Crippen molar-refractivity contribution in [3.63, 3.8) is 0 Å². The molecule has 1 saturated heterocycles. The molecule has 2 amide bonds. The maximum absolute atomic E-state index is 12.1. The monoisotopic (exact) mass is 354 g/mol. The van der Waals surface area contributed by atoms with E-state index < -0.39 is 11.9 Å². The molecule has 0 radical (unpaired) electrons. The standard InChI is InChI=1S/C15H19BrN2O3/c1-10-7-13(16)5-4-11(10)8-17-15(21)18-6-2-3-12(9-18)14(19)20/h4-5,7,12H,2-3,6,8-9H2,1H3,(H,17,21)(H,19,20). The fourth-order valence-electron chi connectivity index (χ4n) is 2.50. The molecule has 0 spiro atoms. The number of hydrogen-bond acceptors (Lipinski definition) is 2. The number of rotatable bonds is 3. The Morgan fingerprint density at radius 3 is 2.90 bits per heavy atom. The number of hydrogen-bond donors (Lipinski definition) is 2. The molecule has 0 aromatic heterocycles. The first kappa shape index (κ1) is 15.8. The Bertz CT molecular complexity index is 548. The smallest absolute Gasteiger partial charge is 0.317 e. The van der Waals surface area contributed by atoms with Gasteiger partial charge in [-0.25, -0.2) is 4.79 Å². The maximum Gasteiger partial charge on any atom is 0.317 e. The van der Waals surface area contributed by atoms with Crippen LogP contribution in [0.4, 0.5) is 4.79 Å². The lowest BCUT2D eigenvalue weighted by Gasteiger charge is -2.30. The SMILES string of the molecule is Cc1cc(Br)ccc1CNC(=O)N1CCCC(C(=O)O)C1. The number of halogens is 1. The zero-order valence-electron chi connectivity index (χ0n) is 11.9. The van der Waals surface area contributed by atoms with Crippen molar-refractivity contribution in [2.24, 2.45) is 5.92 Å². The second kappa shape index (κ2) is 6.93. The lowest BCUT2D eigenvalue weighted by Crippen LogP contribution is -2.46. The fourth-order valence-corrected chi connectivity index (χ4v) is 2.98. The molecule has 2 N–H and O–H groups in total. The van der Waals surface area contributed by atoms with Gasteiger partial charge in [-0.3, -0.25) is 4.79 Å². The molecule has 6 heteroatoms. The van der Waals surface area contributed by atoms with Crippen LogP contribution in [-0.4, -0.2) is 35.1 Å². The topological polar surface area (TPSA) is 69.6 Å². The molecule has 1 atom stereocenters. The number of carboxylic acids is 1. The zero-order chi connectivity index (χ0) is 15.4. The molecular formula is C15H19BrN2O3. The molecule has 0 bridgehead atoms. The normalized spacial score (nSPS) is 18.4. The predicted octanol–water partition coefficient (Wildman–Crippen LogP) is 2.76. The molecule has 0 aliphatic carbocycles. The number of aliphatic carboxylic acids is 1. The van der Waals surface area contributed by atoms with Crippen molar-refractivity contribution in [3.05, 3.63) is 33.8 Å². The molecule has 0 saturated carbocycles. The largest absolute Gasteiger partial charge is 0.481 e. The molecule has 1 aromatic carbocycles. The molecule has 114 valence electrons. The van der Waals surface area contributed by atoms with Gasteiger partial charge in [0.05, 0.1) is 5.92 Å². The van der Waals surface area contributed by atoms with E-state index in [0.717, 1.165) is 22.0 Å². The van der Waals surface area contributed by atoms with Gasteiger partial charge in [0.25, 0.3) is 0 Å². The van der Waals surface area contributed by atoms with Gasteiger partial charge < -0.3 is 15.3 Å². The van der Waals surface area contributed by atoms with Crippen molar-refractivity contribution in [2.75, 3.05) is 13.1 Å². The van der Waals surface area contributed by atoms with Crippen LogP contribution in [0.1, 0.15) is 24.0 Å². The number of aryl methyl sites for hydroxylation is 1. The quantitative estimate of drug-likeness (QED) is 0.876. The third kappa shape index (κ3) is 4.20. The van der Waals surface area contributed by atoms with Crippen molar-refractivity contribution < 1.29 is 14.7 Å². The second-order valence-corrected chi connectivity index (χ2v) is 6.27. The molecule has 1 unspecified atom stereocenters. The Balaban J connectivity index is 1.90. The Hall–Kier alpha value is -1.56. The lowest BCUT2D eigenvalue weighted by molar-refractivity contribution is -0.143. The number of carbonyl (C=O) groups is 2. The summed E-state index contributed by atoms with van der Waals surface area (Å²) in [5, 5.41) is 11.9. The third-order valence-electron chi connectivity index (χ3n) is 3.79. The van der Waals surface area contributed by atoms with Gasteiger partial charge in [-0.15, -0.1) is 0 Å². The van der Waals surface area contributed by atoms with Crippen LogP contribution >= 0.6 is 15.9 Å². The van der Waals surface area contributed by atoms with E-state index in [1.807, 2.05) is 25.1 Å². The Kier molecular flexibility index (Phi) is 5.22. The van der Waals surface area contributed by atoms with Gasteiger partial charge in [0.2, 0.25) is 0 Å². The fraction of sp³-hybridized carbons (Fsp3) is 0.467. The van der Waals surface area contributed by atoms with E-state index in [9.17, 15) is 9.59 Å². The number of piperidine rings is 1. The average Bonchev–Trinajstić information content (AvgIpc) is 2.46. The van der Waals surface area contributed by atoms with Crippen LogP contribution in [0, 0.1) is 12.8 Å². The number of amides is 2. The first-order valence-electron chi connectivity index (χ1n) is 6.98. The highest BCUT2D eigenvalue weighted by atomic mass is 79.9. The van der Waals surface area contributed by atoms with Gasteiger partial charge in [-0.1, -0.05) is 22.0 Å². The van der Waals surface area contributed by atoms with E-state index in [2.05, 4.69) is 21.2 Å². The van der Waals surface area contributed by atoms with Crippen molar-refractivity contribution in [1.29, 1.82) is 0 Å². The van der Waals surface area contributed by atoms with E-state index in [1.165, 1.54) is 0 Å². The van der Waals surface area contributed by atoms with Crippen LogP contribution in [0.5, 0.6) is 0 Å². The molecular weight excluding hydrogens is 336 g/mol. The predicted molar refractivity (Wildman–Crippen MR) is 83.0 cm³/mol. The van der Waals surface area contributed by atoms with Crippen LogP contribution in [0.3, 0.4) is 0 Å². The van der Waals surface area contributed by atoms with Crippen molar-refractivity contribution in [2.45, 2.75) is 26.3 Å².